The molecule has 76 valence electrons. The highest BCUT2D eigenvalue weighted by Crippen LogP contribution is 2.25. The summed E-state index contributed by atoms with van der Waals surface area (Å²) in [7, 11) is 1.56. The Kier molecular flexibility index (Phi) is 3.48. The van der Waals surface area contributed by atoms with E-state index in [4.69, 9.17) is 16.2 Å². The number of nitrogen functional groups attached to an aromatic ring is 1. The number of rotatable bonds is 4. The Bertz CT molecular complexity index is 325. The predicted octanol–water partition coefficient (Wildman–Crippen LogP) is 1.25. The largest absolute Gasteiger partial charge is 0.481 e. The Labute approximate surface area is 83.6 Å². The Balaban J connectivity index is 3.02. The number of hydrogen-bond donors (Lipinski definition) is 2. The Morgan fingerprint density at radius 3 is 3.00 bits per heavy atom. The van der Waals surface area contributed by atoms with Gasteiger partial charge >= 0.3 is 0 Å². The topological polar surface area (TPSA) is 74.2 Å². The summed E-state index contributed by atoms with van der Waals surface area (Å²) in [5.74, 6) is 0.522. The molecule has 1 heterocycles. The van der Waals surface area contributed by atoms with E-state index in [1.165, 1.54) is 0 Å². The van der Waals surface area contributed by atoms with E-state index in [9.17, 15) is 0 Å². The summed E-state index contributed by atoms with van der Waals surface area (Å²) in [6, 6.07) is 1.61. The first-order valence-electron chi connectivity index (χ1n) is 4.35. The third-order valence-corrected chi connectivity index (χ3v) is 1.91. The fourth-order valence-electron chi connectivity index (χ4n) is 1.23. The van der Waals surface area contributed by atoms with Crippen molar-refractivity contribution in [1.29, 1.82) is 0 Å². The van der Waals surface area contributed by atoms with Crippen molar-refractivity contribution >= 4 is 5.69 Å². The van der Waals surface area contributed by atoms with Gasteiger partial charge in [-0.05, 0) is 12.5 Å². The van der Waals surface area contributed by atoms with Gasteiger partial charge in [-0.2, -0.15) is 0 Å². The summed E-state index contributed by atoms with van der Waals surface area (Å²) in [6.45, 7) is 3.63. The molecule has 4 nitrogen and oxygen atoms in total. The van der Waals surface area contributed by atoms with E-state index in [2.05, 4.69) is 11.6 Å². The van der Waals surface area contributed by atoms with E-state index >= 15 is 0 Å². The van der Waals surface area contributed by atoms with Crippen molar-refractivity contribution < 1.29 is 4.74 Å². The molecule has 4 heteroatoms. The molecule has 0 spiro atoms. The second kappa shape index (κ2) is 4.62. The van der Waals surface area contributed by atoms with Gasteiger partial charge in [0.25, 0.3) is 0 Å². The van der Waals surface area contributed by atoms with Crippen molar-refractivity contribution in [2.75, 3.05) is 12.8 Å². The highest BCUT2D eigenvalue weighted by Gasteiger charge is 2.11. The van der Waals surface area contributed by atoms with Gasteiger partial charge in [0.15, 0.2) is 0 Å². The Morgan fingerprint density at radius 2 is 2.43 bits per heavy atom. The van der Waals surface area contributed by atoms with Crippen molar-refractivity contribution in [3.05, 3.63) is 30.5 Å². The molecule has 0 aliphatic rings. The van der Waals surface area contributed by atoms with E-state index in [1.54, 1.807) is 25.4 Å². The fraction of sp³-hybridized carbons (Fsp3) is 0.300. The monoisotopic (exact) mass is 193 g/mol. The van der Waals surface area contributed by atoms with E-state index in [0.717, 1.165) is 5.56 Å². The zero-order valence-corrected chi connectivity index (χ0v) is 8.23. The maximum Gasteiger partial charge on any atom is 0.217 e. The van der Waals surface area contributed by atoms with Crippen LogP contribution in [0.5, 0.6) is 5.88 Å². The highest BCUT2D eigenvalue weighted by molar-refractivity contribution is 5.44. The molecule has 1 rings (SSSR count). The maximum absolute atomic E-state index is 5.90. The third kappa shape index (κ3) is 2.23. The van der Waals surface area contributed by atoms with E-state index < -0.39 is 0 Å². The van der Waals surface area contributed by atoms with Crippen molar-refractivity contribution in [3.8, 4) is 5.88 Å². The third-order valence-electron chi connectivity index (χ3n) is 1.91. The van der Waals surface area contributed by atoms with Gasteiger partial charge in [-0.25, -0.2) is 4.98 Å². The van der Waals surface area contributed by atoms with Crippen molar-refractivity contribution in [1.82, 2.24) is 4.98 Å². The second-order valence-corrected chi connectivity index (χ2v) is 3.00. The van der Waals surface area contributed by atoms with Crippen LogP contribution >= 0.6 is 0 Å². The number of nitrogens with zero attached hydrogens (tertiary/aromatic N) is 1. The fourth-order valence-corrected chi connectivity index (χ4v) is 1.23. The summed E-state index contributed by atoms with van der Waals surface area (Å²) in [5, 5.41) is 0. The molecule has 0 bridgehead atoms. The van der Waals surface area contributed by atoms with Crippen LogP contribution in [0.25, 0.3) is 0 Å². The summed E-state index contributed by atoms with van der Waals surface area (Å²) in [5.41, 5.74) is 12.9. The second-order valence-electron chi connectivity index (χ2n) is 3.00. The Morgan fingerprint density at radius 1 is 1.71 bits per heavy atom. The lowest BCUT2D eigenvalue weighted by atomic mass is 10.1. The van der Waals surface area contributed by atoms with Crippen LogP contribution in [0.2, 0.25) is 0 Å². The molecule has 1 aromatic rings. The lowest BCUT2D eigenvalue weighted by Crippen LogP contribution is -2.11. The zero-order valence-electron chi connectivity index (χ0n) is 8.23. The van der Waals surface area contributed by atoms with Crippen LogP contribution in [0, 0.1) is 0 Å². The van der Waals surface area contributed by atoms with Gasteiger partial charge in [0.05, 0.1) is 19.0 Å². The summed E-state index contributed by atoms with van der Waals surface area (Å²) in [4.78, 5) is 4.04. The van der Waals surface area contributed by atoms with E-state index in [1.807, 2.05) is 0 Å². The number of nitrogens with two attached hydrogens (primary N) is 2. The van der Waals surface area contributed by atoms with Gasteiger partial charge in [-0.3, -0.25) is 0 Å². The Hall–Kier alpha value is -1.55. The molecular weight excluding hydrogens is 178 g/mol. The normalized spacial score (nSPS) is 12.1. The van der Waals surface area contributed by atoms with Crippen molar-refractivity contribution in [2.24, 2.45) is 5.73 Å². The van der Waals surface area contributed by atoms with Crippen molar-refractivity contribution in [3.63, 3.8) is 0 Å². The molecular formula is C10H15N3O. The molecule has 1 aromatic heterocycles. The minimum Gasteiger partial charge on any atom is -0.481 e. The van der Waals surface area contributed by atoms with Gasteiger partial charge in [0.2, 0.25) is 5.88 Å². The van der Waals surface area contributed by atoms with Gasteiger partial charge in [0.1, 0.15) is 0 Å². The first-order chi connectivity index (χ1) is 6.69. The molecule has 0 aliphatic heterocycles. The van der Waals surface area contributed by atoms with Crippen LogP contribution in [-0.4, -0.2) is 12.1 Å². The number of hydrogen-bond acceptors (Lipinski definition) is 4. The molecule has 0 amide bonds. The molecule has 4 N–H and O–H groups in total. The minimum atomic E-state index is -0.168. The van der Waals surface area contributed by atoms with Crippen LogP contribution in [0.4, 0.5) is 5.69 Å². The van der Waals surface area contributed by atoms with Crippen molar-refractivity contribution in [2.45, 2.75) is 12.5 Å². The van der Waals surface area contributed by atoms with E-state index in [0.29, 0.717) is 18.0 Å². The molecule has 14 heavy (non-hydrogen) atoms. The van der Waals surface area contributed by atoms with Gasteiger partial charge < -0.3 is 16.2 Å². The first-order valence-corrected chi connectivity index (χ1v) is 4.35. The maximum atomic E-state index is 5.90. The quantitative estimate of drug-likeness (QED) is 0.706. The molecule has 0 saturated heterocycles. The lowest BCUT2D eigenvalue weighted by Gasteiger charge is -2.13. The average molecular weight is 193 g/mol. The predicted molar refractivity (Wildman–Crippen MR) is 56.9 cm³/mol. The van der Waals surface area contributed by atoms with Gasteiger partial charge in [0, 0.05) is 11.6 Å². The van der Waals surface area contributed by atoms with Crippen LogP contribution in [-0.2, 0) is 0 Å². The number of aromatic nitrogens is 1. The zero-order chi connectivity index (χ0) is 10.6. The SMILES string of the molecule is C=CCC(N)c1cc(N)cnc1OC. The molecule has 0 aliphatic carbocycles. The van der Waals surface area contributed by atoms with E-state index in [-0.39, 0.29) is 6.04 Å². The van der Waals surface area contributed by atoms with Crippen LogP contribution in [0.15, 0.2) is 24.9 Å². The summed E-state index contributed by atoms with van der Waals surface area (Å²) >= 11 is 0. The number of ether oxygens (including phenoxy) is 1. The molecule has 1 atom stereocenters. The molecule has 0 aromatic carbocycles. The summed E-state index contributed by atoms with van der Waals surface area (Å²) in [6.07, 6.45) is 3.97. The first kappa shape index (κ1) is 10.5. The summed E-state index contributed by atoms with van der Waals surface area (Å²) < 4.78 is 5.09. The van der Waals surface area contributed by atoms with Crippen LogP contribution < -0.4 is 16.2 Å². The highest BCUT2D eigenvalue weighted by atomic mass is 16.5. The van der Waals surface area contributed by atoms with Crippen LogP contribution in [0.1, 0.15) is 18.0 Å². The standard InChI is InChI=1S/C10H15N3O/c1-3-4-9(12)8-5-7(11)6-13-10(8)14-2/h3,5-6,9H,1,4,11-12H2,2H3. The molecule has 0 fully saturated rings. The number of pyridine rings is 1. The average Bonchev–Trinajstić information content (AvgIpc) is 2.18. The smallest absolute Gasteiger partial charge is 0.217 e. The van der Waals surface area contributed by atoms with Gasteiger partial charge in [-0.15, -0.1) is 6.58 Å². The number of anilines is 1. The van der Waals surface area contributed by atoms with Gasteiger partial charge in [-0.1, -0.05) is 6.08 Å². The molecule has 0 radical (unpaired) electrons. The number of methoxy groups -OCH3 is 1. The lowest BCUT2D eigenvalue weighted by molar-refractivity contribution is 0.389. The van der Waals surface area contributed by atoms with Crippen LogP contribution in [0.3, 0.4) is 0 Å². The molecule has 1 unspecified atom stereocenters. The minimum absolute atomic E-state index is 0.168. The molecule has 0 saturated carbocycles.